The summed E-state index contributed by atoms with van der Waals surface area (Å²) in [7, 11) is 1.77. The van der Waals surface area contributed by atoms with Gasteiger partial charge in [0.2, 0.25) is 5.91 Å². The zero-order chi connectivity index (χ0) is 10.4. The summed E-state index contributed by atoms with van der Waals surface area (Å²) in [6.07, 6.45) is 2.85. The van der Waals surface area contributed by atoms with Gasteiger partial charge in [0.1, 0.15) is 5.76 Å². The Balaban J connectivity index is 2.34. The molecule has 0 bridgehead atoms. The second-order valence-electron chi connectivity index (χ2n) is 3.22. The number of hydrogen-bond acceptors (Lipinski definition) is 3. The number of carbonyl (C=O) groups is 1. The predicted molar refractivity (Wildman–Crippen MR) is 53.5 cm³/mol. The molecule has 0 radical (unpaired) electrons. The van der Waals surface area contributed by atoms with Crippen molar-refractivity contribution >= 4 is 5.91 Å². The Hall–Kier alpha value is -1.29. The number of nitrogens with two attached hydrogens (primary N) is 1. The van der Waals surface area contributed by atoms with E-state index in [0.29, 0.717) is 19.5 Å². The first kappa shape index (κ1) is 10.8. The van der Waals surface area contributed by atoms with Crippen molar-refractivity contribution in [2.24, 2.45) is 5.73 Å². The van der Waals surface area contributed by atoms with Crippen LogP contribution < -0.4 is 5.73 Å². The Labute approximate surface area is 83.7 Å². The lowest BCUT2D eigenvalue weighted by Gasteiger charge is -2.15. The highest BCUT2D eigenvalue weighted by atomic mass is 16.3. The van der Waals surface area contributed by atoms with Crippen molar-refractivity contribution in [1.29, 1.82) is 0 Å². The molecule has 1 rings (SSSR count). The van der Waals surface area contributed by atoms with Crippen molar-refractivity contribution < 1.29 is 9.21 Å². The highest BCUT2D eigenvalue weighted by Gasteiger charge is 2.09. The van der Waals surface area contributed by atoms with Gasteiger partial charge < -0.3 is 15.1 Å². The Morgan fingerprint density at radius 2 is 2.43 bits per heavy atom. The van der Waals surface area contributed by atoms with E-state index in [1.54, 1.807) is 18.2 Å². The van der Waals surface area contributed by atoms with E-state index in [4.69, 9.17) is 10.2 Å². The third-order valence-electron chi connectivity index (χ3n) is 1.99. The van der Waals surface area contributed by atoms with E-state index in [1.807, 2.05) is 12.1 Å². The molecule has 0 unspecified atom stereocenters. The molecule has 4 nitrogen and oxygen atoms in total. The number of furan rings is 1. The van der Waals surface area contributed by atoms with Gasteiger partial charge in [-0.2, -0.15) is 0 Å². The van der Waals surface area contributed by atoms with E-state index >= 15 is 0 Å². The van der Waals surface area contributed by atoms with E-state index in [1.165, 1.54) is 0 Å². The van der Waals surface area contributed by atoms with Crippen molar-refractivity contribution in [1.82, 2.24) is 4.90 Å². The maximum atomic E-state index is 11.5. The van der Waals surface area contributed by atoms with Gasteiger partial charge in [-0.05, 0) is 25.1 Å². The number of amides is 1. The lowest BCUT2D eigenvalue weighted by molar-refractivity contribution is -0.130. The SMILES string of the molecule is CN(Cc1ccco1)C(=O)CCCN. The lowest BCUT2D eigenvalue weighted by Crippen LogP contribution is -2.26. The van der Waals surface area contributed by atoms with E-state index in [0.717, 1.165) is 12.2 Å². The zero-order valence-corrected chi connectivity index (χ0v) is 8.40. The second-order valence-corrected chi connectivity index (χ2v) is 3.22. The molecule has 0 spiro atoms. The fourth-order valence-electron chi connectivity index (χ4n) is 1.17. The van der Waals surface area contributed by atoms with Gasteiger partial charge in [0, 0.05) is 13.5 Å². The molecule has 0 aliphatic rings. The third-order valence-corrected chi connectivity index (χ3v) is 1.99. The molecule has 0 aromatic carbocycles. The molecule has 2 N–H and O–H groups in total. The number of hydrogen-bond donors (Lipinski definition) is 1. The normalized spacial score (nSPS) is 10.1. The Bertz CT molecular complexity index is 270. The monoisotopic (exact) mass is 196 g/mol. The molecule has 0 saturated carbocycles. The van der Waals surface area contributed by atoms with Gasteiger partial charge >= 0.3 is 0 Å². The van der Waals surface area contributed by atoms with Crippen molar-refractivity contribution in [2.45, 2.75) is 19.4 Å². The Morgan fingerprint density at radius 1 is 1.64 bits per heavy atom. The molecule has 0 saturated heterocycles. The van der Waals surface area contributed by atoms with Crippen LogP contribution in [0.5, 0.6) is 0 Å². The van der Waals surface area contributed by atoms with Crippen molar-refractivity contribution in [2.75, 3.05) is 13.6 Å². The average Bonchev–Trinajstić information content (AvgIpc) is 2.66. The van der Waals surface area contributed by atoms with Gasteiger partial charge in [-0.3, -0.25) is 4.79 Å². The first-order valence-corrected chi connectivity index (χ1v) is 4.70. The zero-order valence-electron chi connectivity index (χ0n) is 8.40. The summed E-state index contributed by atoms with van der Waals surface area (Å²) >= 11 is 0. The summed E-state index contributed by atoms with van der Waals surface area (Å²) in [5.41, 5.74) is 5.32. The van der Waals surface area contributed by atoms with E-state index < -0.39 is 0 Å². The summed E-state index contributed by atoms with van der Waals surface area (Å²) in [4.78, 5) is 13.1. The molecule has 1 aromatic rings. The molecular formula is C10H16N2O2. The molecule has 14 heavy (non-hydrogen) atoms. The Kier molecular flexibility index (Phi) is 4.19. The van der Waals surface area contributed by atoms with E-state index in [2.05, 4.69) is 0 Å². The quantitative estimate of drug-likeness (QED) is 0.763. The van der Waals surface area contributed by atoms with Crippen molar-refractivity contribution in [3.05, 3.63) is 24.2 Å². The van der Waals surface area contributed by atoms with Gasteiger partial charge in [-0.25, -0.2) is 0 Å². The number of carbonyl (C=O) groups excluding carboxylic acids is 1. The minimum atomic E-state index is 0.104. The molecular weight excluding hydrogens is 180 g/mol. The van der Waals surface area contributed by atoms with Crippen LogP contribution in [0, 0.1) is 0 Å². The third kappa shape index (κ3) is 3.22. The highest BCUT2D eigenvalue weighted by molar-refractivity contribution is 5.75. The summed E-state index contributed by atoms with van der Waals surface area (Å²) in [6.45, 7) is 1.08. The van der Waals surface area contributed by atoms with Crippen LogP contribution >= 0.6 is 0 Å². The molecule has 0 atom stereocenters. The van der Waals surface area contributed by atoms with Crippen molar-refractivity contribution in [3.8, 4) is 0 Å². The predicted octanol–water partition coefficient (Wildman–Crippen LogP) is 0.977. The highest BCUT2D eigenvalue weighted by Crippen LogP contribution is 2.05. The molecule has 1 heterocycles. The van der Waals surface area contributed by atoms with Gasteiger partial charge in [0.05, 0.1) is 12.8 Å². The summed E-state index contributed by atoms with van der Waals surface area (Å²) < 4.78 is 5.14. The van der Waals surface area contributed by atoms with Crippen LogP contribution in [-0.2, 0) is 11.3 Å². The van der Waals surface area contributed by atoms with E-state index in [-0.39, 0.29) is 5.91 Å². The van der Waals surface area contributed by atoms with Gasteiger partial charge in [0.25, 0.3) is 0 Å². The van der Waals surface area contributed by atoms with Gasteiger partial charge in [-0.1, -0.05) is 0 Å². The lowest BCUT2D eigenvalue weighted by atomic mass is 10.3. The largest absolute Gasteiger partial charge is 0.467 e. The van der Waals surface area contributed by atoms with Crippen LogP contribution in [0.15, 0.2) is 22.8 Å². The summed E-state index contributed by atoms with van der Waals surface area (Å²) in [5.74, 6) is 0.903. The molecule has 78 valence electrons. The summed E-state index contributed by atoms with van der Waals surface area (Å²) in [6, 6.07) is 3.67. The summed E-state index contributed by atoms with van der Waals surface area (Å²) in [5, 5.41) is 0. The smallest absolute Gasteiger partial charge is 0.222 e. The van der Waals surface area contributed by atoms with Crippen LogP contribution in [0.2, 0.25) is 0 Å². The van der Waals surface area contributed by atoms with Crippen LogP contribution in [0.1, 0.15) is 18.6 Å². The van der Waals surface area contributed by atoms with Crippen LogP contribution in [0.25, 0.3) is 0 Å². The van der Waals surface area contributed by atoms with Crippen LogP contribution in [0.3, 0.4) is 0 Å². The second kappa shape index (κ2) is 5.44. The van der Waals surface area contributed by atoms with Gasteiger partial charge in [-0.15, -0.1) is 0 Å². The molecule has 0 fully saturated rings. The maximum Gasteiger partial charge on any atom is 0.222 e. The molecule has 4 heteroatoms. The van der Waals surface area contributed by atoms with Crippen LogP contribution in [0.4, 0.5) is 0 Å². The molecule has 1 amide bonds. The molecule has 0 aliphatic heterocycles. The van der Waals surface area contributed by atoms with Crippen molar-refractivity contribution in [3.63, 3.8) is 0 Å². The van der Waals surface area contributed by atoms with Gasteiger partial charge in [0.15, 0.2) is 0 Å². The molecule has 0 aliphatic carbocycles. The van der Waals surface area contributed by atoms with Crippen LogP contribution in [-0.4, -0.2) is 24.4 Å². The minimum absolute atomic E-state index is 0.104. The minimum Gasteiger partial charge on any atom is -0.467 e. The fourth-order valence-corrected chi connectivity index (χ4v) is 1.17. The number of nitrogens with zero attached hydrogens (tertiary/aromatic N) is 1. The first-order valence-electron chi connectivity index (χ1n) is 4.70. The topological polar surface area (TPSA) is 59.5 Å². The first-order chi connectivity index (χ1) is 6.74. The maximum absolute atomic E-state index is 11.5. The fraction of sp³-hybridized carbons (Fsp3) is 0.500. The Morgan fingerprint density at radius 3 is 3.00 bits per heavy atom. The van der Waals surface area contributed by atoms with E-state index in [9.17, 15) is 4.79 Å². The number of rotatable bonds is 5. The average molecular weight is 196 g/mol. The molecule has 1 aromatic heterocycles. The standard InChI is InChI=1S/C10H16N2O2/c1-12(10(13)5-2-6-11)8-9-4-3-7-14-9/h3-4,7H,2,5-6,8,11H2,1H3.